The summed E-state index contributed by atoms with van der Waals surface area (Å²) in [5.74, 6) is -11.6. The molecule has 14 nitrogen and oxygen atoms in total. The topological polar surface area (TPSA) is 144 Å². The molecule has 3 rings (SSSR count). The van der Waals surface area contributed by atoms with Gasteiger partial charge in [0.2, 0.25) is 17.4 Å². The number of aryl methyl sites for hydroxylation is 1. The van der Waals surface area contributed by atoms with E-state index in [-0.39, 0.29) is 50.4 Å². The Kier molecular flexibility index (Phi) is 20.1. The third-order valence-electron chi connectivity index (χ3n) is 9.68. The van der Waals surface area contributed by atoms with Crippen LogP contribution in [-0.2, 0) is 44.5 Å². The van der Waals surface area contributed by atoms with E-state index in [4.69, 9.17) is 23.7 Å². The van der Waals surface area contributed by atoms with Gasteiger partial charge in [0.25, 0.3) is 0 Å². The maximum absolute atomic E-state index is 14.2. The first-order valence-electron chi connectivity index (χ1n) is 22.3. The van der Waals surface area contributed by atoms with Crippen LogP contribution in [0.15, 0.2) is 30.3 Å². The van der Waals surface area contributed by atoms with Crippen molar-refractivity contribution in [3.05, 3.63) is 64.7 Å². The number of nitrogens with zero attached hydrogens (tertiary/aromatic N) is 4. The van der Waals surface area contributed by atoms with E-state index in [0.717, 1.165) is 5.56 Å². The zero-order valence-electron chi connectivity index (χ0n) is 40.7. The van der Waals surface area contributed by atoms with Crippen molar-refractivity contribution in [2.45, 2.75) is 131 Å². The molecule has 0 radical (unpaired) electrons. The van der Waals surface area contributed by atoms with Gasteiger partial charge in [0.15, 0.2) is 11.6 Å². The van der Waals surface area contributed by atoms with Gasteiger partial charge < -0.3 is 23.7 Å². The van der Waals surface area contributed by atoms with Crippen LogP contribution in [0.25, 0.3) is 0 Å². The second kappa shape index (κ2) is 23.9. The molecule has 66 heavy (non-hydrogen) atoms. The maximum Gasteiger partial charge on any atom is 0.343 e. The molecule has 1 atom stereocenters. The van der Waals surface area contributed by atoms with Crippen molar-refractivity contribution in [3.63, 3.8) is 0 Å². The summed E-state index contributed by atoms with van der Waals surface area (Å²) in [6.45, 7) is 23.3. The first-order valence-corrected chi connectivity index (χ1v) is 22.3. The number of esters is 5. The Hall–Kier alpha value is -4.65. The summed E-state index contributed by atoms with van der Waals surface area (Å²) in [5, 5.41) is 0. The van der Waals surface area contributed by atoms with Crippen LogP contribution in [0, 0.1) is 23.3 Å². The molecular formula is C48H70F4N4O10. The Morgan fingerprint density at radius 1 is 0.545 bits per heavy atom. The van der Waals surface area contributed by atoms with Gasteiger partial charge in [-0.1, -0.05) is 12.1 Å². The Bertz CT molecular complexity index is 1950. The lowest BCUT2D eigenvalue weighted by Crippen LogP contribution is -2.53. The van der Waals surface area contributed by atoms with E-state index < -0.39 is 81.3 Å². The summed E-state index contributed by atoms with van der Waals surface area (Å²) in [5.41, 5.74) is -2.36. The van der Waals surface area contributed by atoms with Crippen molar-refractivity contribution in [2.75, 3.05) is 72.0 Å². The zero-order chi connectivity index (χ0) is 49.8. The lowest BCUT2D eigenvalue weighted by Gasteiger charge is -2.38. The molecule has 18 heteroatoms. The fraction of sp³-hybridized carbons (Fsp3) is 0.646. The van der Waals surface area contributed by atoms with Gasteiger partial charge in [-0.05, 0) is 120 Å². The first-order chi connectivity index (χ1) is 30.4. The van der Waals surface area contributed by atoms with Crippen molar-refractivity contribution >= 4 is 29.8 Å². The number of hydrogen-bond donors (Lipinski definition) is 0. The predicted molar refractivity (Wildman–Crippen MR) is 239 cm³/mol. The fourth-order valence-electron chi connectivity index (χ4n) is 7.04. The number of carbonyl (C=O) groups is 5. The minimum atomic E-state index is -1.84. The summed E-state index contributed by atoms with van der Waals surface area (Å²) in [6.07, 6.45) is 1.48. The lowest BCUT2D eigenvalue weighted by atomic mass is 10.0. The van der Waals surface area contributed by atoms with Crippen LogP contribution in [0.1, 0.15) is 112 Å². The van der Waals surface area contributed by atoms with Crippen LogP contribution < -0.4 is 4.74 Å². The molecule has 1 saturated heterocycles. The minimum absolute atomic E-state index is 0.0121. The molecule has 1 fully saturated rings. The maximum atomic E-state index is 14.2. The highest BCUT2D eigenvalue weighted by Gasteiger charge is 2.31. The van der Waals surface area contributed by atoms with Crippen molar-refractivity contribution < 1.29 is 65.2 Å². The third kappa shape index (κ3) is 20.9. The van der Waals surface area contributed by atoms with Gasteiger partial charge in [0.05, 0.1) is 31.7 Å². The monoisotopic (exact) mass is 939 g/mol. The summed E-state index contributed by atoms with van der Waals surface area (Å²) in [6, 6.07) is 5.57. The van der Waals surface area contributed by atoms with Gasteiger partial charge in [0.1, 0.15) is 22.4 Å². The van der Waals surface area contributed by atoms with Gasteiger partial charge >= 0.3 is 29.8 Å². The summed E-state index contributed by atoms with van der Waals surface area (Å²) >= 11 is 0. The van der Waals surface area contributed by atoms with Crippen LogP contribution in [0.2, 0.25) is 0 Å². The highest BCUT2D eigenvalue weighted by atomic mass is 19.2. The molecule has 0 spiro atoms. The van der Waals surface area contributed by atoms with Gasteiger partial charge in [-0.2, -0.15) is 8.78 Å². The Labute approximate surface area is 387 Å². The first kappa shape index (κ1) is 55.7. The molecule has 0 amide bonds. The molecule has 1 heterocycles. The normalized spacial score (nSPS) is 17.0. The average molecular weight is 939 g/mol. The van der Waals surface area contributed by atoms with Gasteiger partial charge in [-0.3, -0.25) is 38.8 Å². The Morgan fingerprint density at radius 2 is 0.924 bits per heavy atom. The average Bonchev–Trinajstić information content (AvgIpc) is 3.14. The van der Waals surface area contributed by atoms with Gasteiger partial charge in [-0.25, -0.2) is 13.6 Å². The SMILES string of the molecule is CC(C)(C)OC(=O)CN1CCN(CC(=O)OC(C)(C)C)CCN(CC(=O)OC(C)(C)C)C(CCCc2ccc(C(=O)Oc3c(F)c(F)cc(F)c3F)cc2)CN(CC(=O)OC(C)(C)C)CC1. The fourth-order valence-corrected chi connectivity index (χ4v) is 7.04. The molecule has 1 aliphatic heterocycles. The Balaban J connectivity index is 1.99. The summed E-state index contributed by atoms with van der Waals surface area (Å²) in [7, 11) is 0. The largest absolute Gasteiger partial charge is 0.459 e. The highest BCUT2D eigenvalue weighted by molar-refractivity contribution is 5.91. The standard InChI is InChI=1S/C48H70F4N4O10/c1-45(2,3)63-37(57)28-53-20-21-54(29-38(58)64-46(4,5)6)24-25-56(31-40(60)66-48(10,11)12)34(27-55(23-22-53)30-39(59)65-47(7,8)9)15-13-14-32-16-18-33(19-17-32)44(61)62-43-41(51)35(49)26-36(50)42(43)52/h16-19,26,34H,13-15,20-25,27-31H2,1-12H3. The summed E-state index contributed by atoms with van der Waals surface area (Å²) < 4.78 is 83.5. The molecule has 1 unspecified atom stereocenters. The van der Waals surface area contributed by atoms with Crippen LogP contribution >= 0.6 is 0 Å². The zero-order valence-corrected chi connectivity index (χ0v) is 40.7. The van der Waals surface area contributed by atoms with E-state index in [1.807, 2.05) is 19.6 Å². The molecule has 0 aliphatic carbocycles. The van der Waals surface area contributed by atoms with Crippen LogP contribution in [0.3, 0.4) is 0 Å². The molecular weight excluding hydrogens is 869 g/mol. The van der Waals surface area contributed by atoms with E-state index >= 15 is 0 Å². The molecule has 2 aromatic carbocycles. The van der Waals surface area contributed by atoms with Gasteiger partial charge in [0, 0.05) is 57.9 Å². The van der Waals surface area contributed by atoms with Crippen molar-refractivity contribution in [3.8, 4) is 5.75 Å². The van der Waals surface area contributed by atoms with E-state index in [9.17, 15) is 41.5 Å². The quantitative estimate of drug-likeness (QED) is 0.0648. The van der Waals surface area contributed by atoms with Gasteiger partial charge in [-0.15, -0.1) is 0 Å². The molecule has 0 N–H and O–H groups in total. The molecule has 0 aromatic heterocycles. The van der Waals surface area contributed by atoms with E-state index in [2.05, 4.69) is 0 Å². The Morgan fingerprint density at radius 3 is 1.35 bits per heavy atom. The number of rotatable bonds is 14. The van der Waals surface area contributed by atoms with Crippen LogP contribution in [0.4, 0.5) is 17.6 Å². The van der Waals surface area contributed by atoms with Crippen molar-refractivity contribution in [1.82, 2.24) is 19.6 Å². The van der Waals surface area contributed by atoms with E-state index in [0.29, 0.717) is 58.5 Å². The molecule has 0 bridgehead atoms. The predicted octanol–water partition coefficient (Wildman–Crippen LogP) is 6.74. The van der Waals surface area contributed by atoms with Crippen molar-refractivity contribution in [2.24, 2.45) is 0 Å². The molecule has 1 aliphatic rings. The highest BCUT2D eigenvalue weighted by Crippen LogP contribution is 2.27. The number of carbonyl (C=O) groups excluding carboxylic acids is 5. The molecule has 2 aromatic rings. The molecule has 370 valence electrons. The minimum Gasteiger partial charge on any atom is -0.459 e. The lowest BCUT2D eigenvalue weighted by molar-refractivity contribution is -0.160. The number of ether oxygens (including phenoxy) is 5. The van der Waals surface area contributed by atoms with E-state index in [1.165, 1.54) is 12.1 Å². The second-order valence-electron chi connectivity index (χ2n) is 20.5. The van der Waals surface area contributed by atoms with Crippen LogP contribution in [0.5, 0.6) is 5.75 Å². The van der Waals surface area contributed by atoms with Crippen LogP contribution in [-0.4, -0.2) is 150 Å². The number of benzene rings is 2. The second-order valence-corrected chi connectivity index (χ2v) is 20.5. The van der Waals surface area contributed by atoms with Crippen molar-refractivity contribution in [1.29, 1.82) is 0 Å². The number of halogens is 4. The third-order valence-corrected chi connectivity index (χ3v) is 9.68. The number of hydrogen-bond acceptors (Lipinski definition) is 14. The molecule has 0 saturated carbocycles. The summed E-state index contributed by atoms with van der Waals surface area (Å²) in [4.78, 5) is 74.0. The smallest absolute Gasteiger partial charge is 0.343 e. The van der Waals surface area contributed by atoms with E-state index in [1.54, 1.807) is 95.2 Å².